The number of fused-ring (bicyclic) bond motifs is 3. The van der Waals surface area contributed by atoms with Gasteiger partial charge in [0.1, 0.15) is 5.52 Å². The average molecular weight is 486 g/mol. The number of rotatable bonds is 5. The van der Waals surface area contributed by atoms with Gasteiger partial charge < -0.3 is 19.9 Å². The first-order valence-corrected chi connectivity index (χ1v) is 11.4. The van der Waals surface area contributed by atoms with E-state index in [0.717, 1.165) is 53.8 Å². The van der Waals surface area contributed by atoms with Crippen molar-refractivity contribution in [3.05, 3.63) is 42.2 Å². The van der Waals surface area contributed by atoms with Gasteiger partial charge in [-0.2, -0.15) is 5.10 Å². The Morgan fingerprint density at radius 2 is 1.86 bits per heavy atom. The van der Waals surface area contributed by atoms with Gasteiger partial charge in [-0.25, -0.2) is 9.97 Å². The van der Waals surface area contributed by atoms with E-state index in [9.17, 15) is 13.2 Å². The predicted molar refractivity (Wildman–Crippen MR) is 129 cm³/mol. The molecule has 0 spiro atoms. The Kier molecular flexibility index (Phi) is 5.87. The molecule has 8 nitrogen and oxygen atoms in total. The Morgan fingerprint density at radius 3 is 2.57 bits per heavy atom. The molecule has 0 unspecified atom stereocenters. The van der Waals surface area contributed by atoms with E-state index in [1.165, 1.54) is 6.07 Å². The number of nitrogens with one attached hydrogen (secondary N) is 1. The van der Waals surface area contributed by atoms with Crippen molar-refractivity contribution in [2.45, 2.75) is 26.8 Å². The molecule has 184 valence electrons. The fraction of sp³-hybridized carbons (Fsp3) is 0.375. The monoisotopic (exact) mass is 485 g/mol. The SMILES string of the molecule is CCn1nc(C)c2ccc3cnc(Nc4cc(N5CCN(C)CC5)ccc4OC(F)(F)F)nc3c21. The first kappa shape index (κ1) is 23.2. The summed E-state index contributed by atoms with van der Waals surface area (Å²) in [5.41, 5.74) is 3.38. The fourth-order valence-electron chi connectivity index (χ4n) is 4.42. The third-order valence-electron chi connectivity index (χ3n) is 6.25. The number of nitrogens with zero attached hydrogens (tertiary/aromatic N) is 6. The number of hydrogen-bond donors (Lipinski definition) is 1. The molecule has 11 heteroatoms. The van der Waals surface area contributed by atoms with E-state index in [2.05, 4.69) is 34.9 Å². The zero-order valence-electron chi connectivity index (χ0n) is 19.7. The van der Waals surface area contributed by atoms with E-state index in [4.69, 9.17) is 0 Å². The maximum atomic E-state index is 13.1. The molecule has 1 saturated heterocycles. The van der Waals surface area contributed by atoms with Crippen LogP contribution in [0.25, 0.3) is 21.8 Å². The molecule has 2 aromatic carbocycles. The molecule has 1 aliphatic rings. The predicted octanol–water partition coefficient (Wildman–Crippen LogP) is 4.70. The molecule has 0 saturated carbocycles. The van der Waals surface area contributed by atoms with Gasteiger partial charge >= 0.3 is 6.36 Å². The number of likely N-dealkylation sites (N-methyl/N-ethyl adjacent to an activating group) is 1. The maximum absolute atomic E-state index is 13.1. The van der Waals surface area contributed by atoms with Crippen molar-refractivity contribution in [3.63, 3.8) is 0 Å². The van der Waals surface area contributed by atoms with E-state index in [0.29, 0.717) is 12.1 Å². The zero-order valence-corrected chi connectivity index (χ0v) is 19.7. The van der Waals surface area contributed by atoms with E-state index < -0.39 is 6.36 Å². The van der Waals surface area contributed by atoms with E-state index in [1.807, 2.05) is 37.7 Å². The van der Waals surface area contributed by atoms with Crippen LogP contribution in [0.2, 0.25) is 0 Å². The minimum Gasteiger partial charge on any atom is -0.404 e. The van der Waals surface area contributed by atoms with Gasteiger partial charge in [-0.3, -0.25) is 4.68 Å². The number of benzene rings is 2. The summed E-state index contributed by atoms with van der Waals surface area (Å²) in [5, 5.41) is 9.34. The van der Waals surface area contributed by atoms with Gasteiger partial charge in [0.15, 0.2) is 5.75 Å². The van der Waals surface area contributed by atoms with Crippen LogP contribution in [0.5, 0.6) is 5.75 Å². The highest BCUT2D eigenvalue weighted by atomic mass is 19.4. The molecule has 4 aromatic rings. The Labute approximate surface area is 200 Å². The molecule has 5 rings (SSSR count). The first-order chi connectivity index (χ1) is 16.7. The van der Waals surface area contributed by atoms with Crippen LogP contribution in [0.15, 0.2) is 36.5 Å². The molecular weight excluding hydrogens is 459 g/mol. The van der Waals surface area contributed by atoms with Crippen molar-refractivity contribution in [1.82, 2.24) is 24.6 Å². The van der Waals surface area contributed by atoms with Crippen LogP contribution in [0.1, 0.15) is 12.6 Å². The molecule has 3 heterocycles. The molecule has 0 radical (unpaired) electrons. The van der Waals surface area contributed by atoms with Crippen LogP contribution in [-0.4, -0.2) is 64.2 Å². The normalized spacial score (nSPS) is 15.2. The van der Waals surface area contributed by atoms with Gasteiger partial charge in [-0.05, 0) is 39.1 Å². The van der Waals surface area contributed by atoms with Gasteiger partial charge in [0.2, 0.25) is 5.95 Å². The minimum absolute atomic E-state index is 0.144. The second-order valence-electron chi connectivity index (χ2n) is 8.64. The maximum Gasteiger partial charge on any atom is 0.573 e. The van der Waals surface area contributed by atoms with Gasteiger partial charge in [-0.1, -0.05) is 12.1 Å². The molecular formula is C24H26F3N7O. The first-order valence-electron chi connectivity index (χ1n) is 11.4. The highest BCUT2D eigenvalue weighted by molar-refractivity contribution is 6.04. The molecule has 0 bridgehead atoms. The lowest BCUT2D eigenvalue weighted by atomic mass is 10.1. The highest BCUT2D eigenvalue weighted by Crippen LogP contribution is 2.36. The Bertz CT molecular complexity index is 1380. The third kappa shape index (κ3) is 4.68. The summed E-state index contributed by atoms with van der Waals surface area (Å²) in [6, 6.07) is 8.53. The summed E-state index contributed by atoms with van der Waals surface area (Å²) < 4.78 is 45.5. The number of ether oxygens (including phenoxy) is 1. The topological polar surface area (TPSA) is 71.3 Å². The second kappa shape index (κ2) is 8.88. The van der Waals surface area contributed by atoms with E-state index in [1.54, 1.807) is 18.3 Å². The van der Waals surface area contributed by atoms with E-state index in [-0.39, 0.29) is 17.4 Å². The molecule has 2 aromatic heterocycles. The summed E-state index contributed by atoms with van der Waals surface area (Å²) in [7, 11) is 2.05. The van der Waals surface area contributed by atoms with Crippen LogP contribution < -0.4 is 15.0 Å². The Hall–Kier alpha value is -3.60. The van der Waals surface area contributed by atoms with Crippen molar-refractivity contribution in [2.24, 2.45) is 0 Å². The lowest BCUT2D eigenvalue weighted by molar-refractivity contribution is -0.274. The zero-order chi connectivity index (χ0) is 24.7. The van der Waals surface area contributed by atoms with Gasteiger partial charge in [0.25, 0.3) is 0 Å². The molecule has 35 heavy (non-hydrogen) atoms. The van der Waals surface area contributed by atoms with Crippen molar-refractivity contribution < 1.29 is 17.9 Å². The van der Waals surface area contributed by atoms with Crippen LogP contribution in [-0.2, 0) is 6.54 Å². The van der Waals surface area contributed by atoms with Gasteiger partial charge in [0.05, 0.1) is 16.9 Å². The average Bonchev–Trinajstić information content (AvgIpc) is 3.16. The van der Waals surface area contributed by atoms with Crippen LogP contribution >= 0.6 is 0 Å². The number of halogens is 3. The number of hydrogen-bond acceptors (Lipinski definition) is 7. The summed E-state index contributed by atoms with van der Waals surface area (Å²) in [6.07, 6.45) is -3.17. The van der Waals surface area contributed by atoms with E-state index >= 15 is 0 Å². The minimum atomic E-state index is -4.83. The lowest BCUT2D eigenvalue weighted by Gasteiger charge is -2.34. The summed E-state index contributed by atoms with van der Waals surface area (Å²) in [6.45, 7) is 7.89. The molecule has 0 aliphatic carbocycles. The van der Waals surface area contributed by atoms with Gasteiger partial charge in [-0.15, -0.1) is 13.2 Å². The number of anilines is 3. The van der Waals surface area contributed by atoms with Crippen molar-refractivity contribution in [1.29, 1.82) is 0 Å². The standard InChI is InChI=1S/C24H26F3N7O/c1-4-34-22-18(15(2)31-34)7-5-16-14-28-23(30-21(16)22)29-19-13-17(33-11-9-32(3)10-12-33)6-8-20(19)35-24(25,26)27/h5-8,13-14H,4,9-12H2,1-3H3,(H,28,29,30). The molecule has 1 fully saturated rings. The summed E-state index contributed by atoms with van der Waals surface area (Å²) in [5.74, 6) is -0.166. The number of alkyl halides is 3. The van der Waals surface area contributed by atoms with Crippen molar-refractivity contribution >= 4 is 39.1 Å². The summed E-state index contributed by atoms with van der Waals surface area (Å²) >= 11 is 0. The van der Waals surface area contributed by atoms with Gasteiger partial charge in [0, 0.05) is 55.4 Å². The number of aromatic nitrogens is 4. The van der Waals surface area contributed by atoms with Crippen LogP contribution in [0.4, 0.5) is 30.5 Å². The number of piperazine rings is 1. The quantitative estimate of drug-likeness (QED) is 0.439. The third-order valence-corrected chi connectivity index (χ3v) is 6.25. The largest absolute Gasteiger partial charge is 0.573 e. The van der Waals surface area contributed by atoms with Crippen LogP contribution in [0, 0.1) is 6.92 Å². The Balaban J connectivity index is 1.56. The smallest absolute Gasteiger partial charge is 0.404 e. The fourth-order valence-corrected chi connectivity index (χ4v) is 4.42. The Morgan fingerprint density at radius 1 is 1.09 bits per heavy atom. The van der Waals surface area contributed by atoms with Crippen molar-refractivity contribution in [2.75, 3.05) is 43.4 Å². The second-order valence-corrected chi connectivity index (χ2v) is 8.64. The molecule has 0 amide bonds. The summed E-state index contributed by atoms with van der Waals surface area (Å²) in [4.78, 5) is 13.4. The molecule has 1 N–H and O–H groups in total. The molecule has 1 aliphatic heterocycles. The molecule has 0 atom stereocenters. The van der Waals surface area contributed by atoms with Crippen molar-refractivity contribution in [3.8, 4) is 5.75 Å². The number of aryl methyl sites for hydroxylation is 2. The lowest BCUT2D eigenvalue weighted by Crippen LogP contribution is -2.44. The highest BCUT2D eigenvalue weighted by Gasteiger charge is 2.32. The van der Waals surface area contributed by atoms with Crippen LogP contribution in [0.3, 0.4) is 0 Å².